The van der Waals surface area contributed by atoms with E-state index in [0.29, 0.717) is 12.4 Å². The molecule has 2 aromatic heterocycles. The molecule has 1 N–H and O–H groups in total. The van der Waals surface area contributed by atoms with E-state index in [9.17, 15) is 0 Å². The minimum absolute atomic E-state index is 0.633. The molecule has 2 heterocycles. The normalized spacial score (nSPS) is 10.6. The second-order valence-corrected chi connectivity index (χ2v) is 4.86. The Bertz CT molecular complexity index is 501. The van der Waals surface area contributed by atoms with Gasteiger partial charge in [0.25, 0.3) is 0 Å². The van der Waals surface area contributed by atoms with E-state index in [4.69, 9.17) is 4.74 Å². The maximum atomic E-state index is 4.96. The molecule has 0 spiro atoms. The number of methoxy groups -OCH3 is 1. The first-order valence-corrected chi connectivity index (χ1v) is 6.71. The number of nitrogens with one attached hydrogen (secondary N) is 1. The van der Waals surface area contributed by atoms with Gasteiger partial charge in [-0.2, -0.15) is 0 Å². The van der Waals surface area contributed by atoms with E-state index < -0.39 is 0 Å². The summed E-state index contributed by atoms with van der Waals surface area (Å²) in [6, 6.07) is 3.81. The molecule has 5 nitrogen and oxygen atoms in total. The molecule has 100 valence electrons. The molecule has 0 aliphatic heterocycles. The van der Waals surface area contributed by atoms with Crippen LogP contribution in [0.3, 0.4) is 0 Å². The van der Waals surface area contributed by atoms with E-state index in [1.807, 2.05) is 24.5 Å². The molecule has 0 fully saturated rings. The van der Waals surface area contributed by atoms with Crippen LogP contribution in [0, 0.1) is 0 Å². The van der Waals surface area contributed by atoms with Crippen molar-refractivity contribution in [1.82, 2.24) is 20.3 Å². The van der Waals surface area contributed by atoms with Gasteiger partial charge in [-0.3, -0.25) is 4.98 Å². The number of ether oxygens (including phenoxy) is 1. The summed E-state index contributed by atoms with van der Waals surface area (Å²) in [6.07, 6.45) is 5.36. The lowest BCUT2D eigenvalue weighted by molar-refractivity contribution is 0.199. The van der Waals surface area contributed by atoms with Gasteiger partial charge in [0, 0.05) is 48.8 Å². The highest BCUT2D eigenvalue weighted by Crippen LogP contribution is 2.14. The van der Waals surface area contributed by atoms with E-state index in [-0.39, 0.29) is 0 Å². The van der Waals surface area contributed by atoms with Gasteiger partial charge in [0.1, 0.15) is 5.69 Å². The molecule has 19 heavy (non-hydrogen) atoms. The van der Waals surface area contributed by atoms with Crippen molar-refractivity contribution >= 4 is 15.9 Å². The average molecular weight is 323 g/mol. The Kier molecular flexibility index (Phi) is 5.38. The summed E-state index contributed by atoms with van der Waals surface area (Å²) in [6.45, 7) is 2.24. The van der Waals surface area contributed by atoms with Gasteiger partial charge in [-0.1, -0.05) is 0 Å². The van der Waals surface area contributed by atoms with E-state index >= 15 is 0 Å². The number of pyridine rings is 1. The number of halogens is 1. The quantitative estimate of drug-likeness (QED) is 0.825. The largest absolute Gasteiger partial charge is 0.383 e. The summed E-state index contributed by atoms with van der Waals surface area (Å²) in [5, 5.41) is 3.24. The Labute approximate surface area is 120 Å². The van der Waals surface area contributed by atoms with Crippen molar-refractivity contribution in [2.24, 2.45) is 0 Å². The third kappa shape index (κ3) is 4.34. The van der Waals surface area contributed by atoms with E-state index in [1.165, 1.54) is 0 Å². The maximum absolute atomic E-state index is 4.96. The van der Waals surface area contributed by atoms with Gasteiger partial charge < -0.3 is 10.1 Å². The molecule has 2 aromatic rings. The van der Waals surface area contributed by atoms with Crippen LogP contribution in [-0.2, 0) is 11.3 Å². The average Bonchev–Trinajstić information content (AvgIpc) is 2.45. The molecule has 2 rings (SSSR count). The molecule has 0 aliphatic carbocycles. The molecule has 0 aromatic carbocycles. The smallest absolute Gasteiger partial charge is 0.178 e. The van der Waals surface area contributed by atoms with Gasteiger partial charge in [-0.15, -0.1) is 0 Å². The van der Waals surface area contributed by atoms with Gasteiger partial charge in [0.05, 0.1) is 6.61 Å². The summed E-state index contributed by atoms with van der Waals surface area (Å²) in [4.78, 5) is 12.9. The predicted octanol–water partition coefficient (Wildman–Crippen LogP) is 2.04. The zero-order chi connectivity index (χ0) is 13.5. The van der Waals surface area contributed by atoms with Crippen LogP contribution in [0.25, 0.3) is 11.5 Å². The van der Waals surface area contributed by atoms with Gasteiger partial charge in [0.15, 0.2) is 5.82 Å². The molecule has 0 atom stereocenters. The lowest BCUT2D eigenvalue weighted by atomic mass is 10.3. The van der Waals surface area contributed by atoms with E-state index in [0.717, 1.165) is 28.8 Å². The van der Waals surface area contributed by atoms with Gasteiger partial charge >= 0.3 is 0 Å². The van der Waals surface area contributed by atoms with Crippen LogP contribution in [0.15, 0.2) is 35.2 Å². The van der Waals surface area contributed by atoms with Crippen molar-refractivity contribution in [3.05, 3.63) is 40.8 Å². The Morgan fingerprint density at radius 1 is 1.16 bits per heavy atom. The van der Waals surface area contributed by atoms with Crippen LogP contribution in [0.2, 0.25) is 0 Å². The van der Waals surface area contributed by atoms with Gasteiger partial charge in [-0.25, -0.2) is 9.97 Å². The molecule has 0 saturated heterocycles. The van der Waals surface area contributed by atoms with Crippen molar-refractivity contribution in [3.63, 3.8) is 0 Å². The van der Waals surface area contributed by atoms with Crippen LogP contribution >= 0.6 is 15.9 Å². The molecule has 0 amide bonds. The topological polar surface area (TPSA) is 59.9 Å². The van der Waals surface area contributed by atoms with Crippen LogP contribution in [0.5, 0.6) is 0 Å². The molecular formula is C13H15BrN4O. The number of nitrogens with zero attached hydrogens (tertiary/aromatic N) is 3. The van der Waals surface area contributed by atoms with Crippen molar-refractivity contribution in [1.29, 1.82) is 0 Å². The lowest BCUT2D eigenvalue weighted by Crippen LogP contribution is -2.18. The van der Waals surface area contributed by atoms with Crippen LogP contribution in [-0.4, -0.2) is 35.2 Å². The Morgan fingerprint density at radius 3 is 2.58 bits per heavy atom. The van der Waals surface area contributed by atoms with Crippen LogP contribution in [0.4, 0.5) is 0 Å². The molecule has 0 unspecified atom stereocenters. The fourth-order valence-corrected chi connectivity index (χ4v) is 1.73. The Hall–Kier alpha value is -1.37. The van der Waals surface area contributed by atoms with Crippen molar-refractivity contribution in [2.45, 2.75) is 6.54 Å². The highest BCUT2D eigenvalue weighted by molar-refractivity contribution is 9.10. The number of hydrogen-bond donors (Lipinski definition) is 1. The van der Waals surface area contributed by atoms with Crippen LogP contribution < -0.4 is 5.32 Å². The second kappa shape index (κ2) is 7.28. The van der Waals surface area contributed by atoms with Gasteiger partial charge in [0.2, 0.25) is 0 Å². The summed E-state index contributed by atoms with van der Waals surface area (Å²) in [7, 11) is 1.69. The monoisotopic (exact) mass is 322 g/mol. The number of rotatable bonds is 6. The van der Waals surface area contributed by atoms with Crippen molar-refractivity contribution in [2.75, 3.05) is 20.3 Å². The standard InChI is InChI=1S/C13H15BrN4O/c1-19-5-4-15-6-10-7-17-13(18-8-10)12-3-2-11(14)9-16-12/h2-3,7-9,15H,4-6H2,1H3. The zero-order valence-corrected chi connectivity index (χ0v) is 12.2. The summed E-state index contributed by atoms with van der Waals surface area (Å²) in [5.74, 6) is 0.633. The van der Waals surface area contributed by atoms with Crippen molar-refractivity contribution < 1.29 is 4.74 Å². The third-order valence-electron chi connectivity index (χ3n) is 2.47. The Morgan fingerprint density at radius 2 is 1.95 bits per heavy atom. The Balaban J connectivity index is 1.96. The predicted molar refractivity (Wildman–Crippen MR) is 76.5 cm³/mol. The van der Waals surface area contributed by atoms with Crippen LogP contribution in [0.1, 0.15) is 5.56 Å². The summed E-state index contributed by atoms with van der Waals surface area (Å²) < 4.78 is 5.90. The lowest BCUT2D eigenvalue weighted by Gasteiger charge is -2.04. The van der Waals surface area contributed by atoms with Gasteiger partial charge in [-0.05, 0) is 28.1 Å². The SMILES string of the molecule is COCCNCc1cnc(-c2ccc(Br)cn2)nc1. The van der Waals surface area contributed by atoms with E-state index in [2.05, 4.69) is 36.2 Å². The molecule has 0 radical (unpaired) electrons. The summed E-state index contributed by atoms with van der Waals surface area (Å²) in [5.41, 5.74) is 1.80. The molecule has 0 saturated carbocycles. The highest BCUT2D eigenvalue weighted by Gasteiger charge is 2.02. The van der Waals surface area contributed by atoms with Crippen molar-refractivity contribution in [3.8, 4) is 11.5 Å². The van der Waals surface area contributed by atoms with E-state index in [1.54, 1.807) is 13.3 Å². The maximum Gasteiger partial charge on any atom is 0.178 e. The second-order valence-electron chi connectivity index (χ2n) is 3.95. The first-order valence-electron chi connectivity index (χ1n) is 5.92. The molecule has 6 heteroatoms. The fraction of sp³-hybridized carbons (Fsp3) is 0.308. The first kappa shape index (κ1) is 14.0. The first-order chi connectivity index (χ1) is 9.29. The minimum atomic E-state index is 0.633. The number of hydrogen-bond acceptors (Lipinski definition) is 5. The molecule has 0 bridgehead atoms. The summed E-state index contributed by atoms with van der Waals surface area (Å²) >= 11 is 3.35. The highest BCUT2D eigenvalue weighted by atomic mass is 79.9. The zero-order valence-electron chi connectivity index (χ0n) is 10.6. The fourth-order valence-electron chi connectivity index (χ4n) is 1.49. The number of aromatic nitrogens is 3. The third-order valence-corrected chi connectivity index (χ3v) is 2.94. The molecular weight excluding hydrogens is 308 g/mol. The minimum Gasteiger partial charge on any atom is -0.383 e. The molecule has 0 aliphatic rings.